The highest BCUT2D eigenvalue weighted by Crippen LogP contribution is 2.38. The summed E-state index contributed by atoms with van der Waals surface area (Å²) in [6.45, 7) is 0. The van der Waals surface area contributed by atoms with Crippen molar-refractivity contribution in [2.24, 2.45) is 0 Å². The normalized spacial score (nSPS) is 12.2. The third-order valence-corrected chi connectivity index (χ3v) is 4.66. The molecule has 0 saturated carbocycles. The molecule has 5 nitrogen and oxygen atoms in total. The molecule has 0 fully saturated rings. The van der Waals surface area contributed by atoms with Crippen molar-refractivity contribution in [2.75, 3.05) is 6.26 Å². The molecule has 0 bridgehead atoms. The third-order valence-electron chi connectivity index (χ3n) is 3.56. The molecule has 3 aromatic rings. The summed E-state index contributed by atoms with van der Waals surface area (Å²) in [6.07, 6.45) is 0.218. The van der Waals surface area contributed by atoms with E-state index in [0.717, 1.165) is 18.5 Å². The summed E-state index contributed by atoms with van der Waals surface area (Å²) >= 11 is 0. The van der Waals surface area contributed by atoms with Crippen LogP contribution in [0.3, 0.4) is 0 Å². The van der Waals surface area contributed by atoms with Crippen molar-refractivity contribution < 1.29 is 21.6 Å². The largest absolute Gasteiger partial charge is 0.417 e. The van der Waals surface area contributed by atoms with Crippen molar-refractivity contribution in [1.29, 1.82) is 0 Å². The zero-order chi connectivity index (χ0) is 18.9. The minimum Gasteiger partial charge on any atom is -0.264 e. The van der Waals surface area contributed by atoms with Crippen LogP contribution >= 0.6 is 0 Å². The summed E-state index contributed by atoms with van der Waals surface area (Å²) in [5.41, 5.74) is -1.14. The topological polar surface area (TPSA) is 72.8 Å². The first-order valence-electron chi connectivity index (χ1n) is 7.32. The van der Waals surface area contributed by atoms with E-state index in [2.05, 4.69) is 15.0 Å². The average Bonchev–Trinajstić information content (AvgIpc) is 2.60. The van der Waals surface area contributed by atoms with E-state index >= 15 is 0 Å². The first-order valence-corrected chi connectivity index (χ1v) is 9.21. The lowest BCUT2D eigenvalue weighted by atomic mass is 10.0. The van der Waals surface area contributed by atoms with Gasteiger partial charge in [0.25, 0.3) is 0 Å². The Morgan fingerprint density at radius 2 is 1.73 bits per heavy atom. The van der Waals surface area contributed by atoms with E-state index in [9.17, 15) is 21.6 Å². The molecule has 1 aromatic carbocycles. The second-order valence-electron chi connectivity index (χ2n) is 5.46. The summed E-state index contributed by atoms with van der Waals surface area (Å²) in [7, 11) is -3.85. The zero-order valence-electron chi connectivity index (χ0n) is 13.4. The van der Waals surface area contributed by atoms with E-state index in [1.165, 1.54) is 30.6 Å². The molecule has 0 N–H and O–H groups in total. The Morgan fingerprint density at radius 3 is 2.35 bits per heavy atom. The van der Waals surface area contributed by atoms with Gasteiger partial charge in [0.05, 0.1) is 17.5 Å². The molecule has 0 saturated heterocycles. The van der Waals surface area contributed by atoms with E-state index in [4.69, 9.17) is 0 Å². The van der Waals surface area contributed by atoms with E-state index in [0.29, 0.717) is 5.56 Å². The molecule has 0 radical (unpaired) electrons. The van der Waals surface area contributed by atoms with Crippen LogP contribution in [-0.4, -0.2) is 29.6 Å². The molecule has 2 heterocycles. The minimum atomic E-state index is -4.66. The fourth-order valence-electron chi connectivity index (χ4n) is 2.41. The molecule has 0 atom stereocenters. The number of rotatable bonds is 3. The van der Waals surface area contributed by atoms with Gasteiger partial charge in [-0.2, -0.15) is 13.2 Å². The van der Waals surface area contributed by atoms with Crippen molar-refractivity contribution >= 4 is 9.84 Å². The summed E-state index contributed by atoms with van der Waals surface area (Å²) in [5.74, 6) is 0.0810. The number of alkyl halides is 3. The maximum Gasteiger partial charge on any atom is 0.417 e. The van der Waals surface area contributed by atoms with Crippen LogP contribution in [0, 0.1) is 0 Å². The number of aromatic nitrogens is 3. The lowest BCUT2D eigenvalue weighted by Crippen LogP contribution is -2.10. The van der Waals surface area contributed by atoms with Gasteiger partial charge >= 0.3 is 6.18 Å². The molecule has 2 aromatic heterocycles. The molecular formula is C17H12F3N3O2S. The third kappa shape index (κ3) is 3.57. The Hall–Kier alpha value is -2.81. The van der Waals surface area contributed by atoms with Gasteiger partial charge in [-0.3, -0.25) is 4.98 Å². The van der Waals surface area contributed by atoms with Crippen molar-refractivity contribution in [3.63, 3.8) is 0 Å². The first-order chi connectivity index (χ1) is 12.2. The Balaban J connectivity index is 2.33. The van der Waals surface area contributed by atoms with Crippen LogP contribution in [0.5, 0.6) is 0 Å². The molecular weight excluding hydrogens is 367 g/mol. The maximum absolute atomic E-state index is 13.4. The lowest BCUT2D eigenvalue weighted by Gasteiger charge is -2.15. The molecule has 0 aliphatic rings. The van der Waals surface area contributed by atoms with Crippen LogP contribution in [0.25, 0.3) is 22.6 Å². The fourth-order valence-corrected chi connectivity index (χ4v) is 3.16. The smallest absolute Gasteiger partial charge is 0.264 e. The SMILES string of the molecule is CS(=O)(=O)c1cnc(-c2cccnc2)nc1-c1ccccc1C(F)(F)F. The highest BCUT2D eigenvalue weighted by Gasteiger charge is 2.35. The Labute approximate surface area is 147 Å². The number of benzene rings is 1. The number of nitrogens with zero attached hydrogens (tertiary/aromatic N) is 3. The Morgan fingerprint density at radius 1 is 1.00 bits per heavy atom. The van der Waals surface area contributed by atoms with Crippen molar-refractivity contribution in [3.05, 3.63) is 60.6 Å². The van der Waals surface area contributed by atoms with Gasteiger partial charge in [0.15, 0.2) is 15.7 Å². The van der Waals surface area contributed by atoms with Gasteiger partial charge in [0, 0.05) is 29.8 Å². The number of halogens is 3. The molecule has 0 amide bonds. The monoisotopic (exact) mass is 379 g/mol. The zero-order valence-corrected chi connectivity index (χ0v) is 14.2. The van der Waals surface area contributed by atoms with Crippen molar-refractivity contribution in [1.82, 2.24) is 15.0 Å². The van der Waals surface area contributed by atoms with Crippen molar-refractivity contribution in [2.45, 2.75) is 11.1 Å². The second kappa shape index (κ2) is 6.49. The number of pyridine rings is 1. The summed E-state index contributed by atoms with van der Waals surface area (Å²) in [6, 6.07) is 7.94. The quantitative estimate of drug-likeness (QED) is 0.695. The maximum atomic E-state index is 13.4. The van der Waals surface area contributed by atoms with Gasteiger partial charge in [-0.25, -0.2) is 18.4 Å². The van der Waals surface area contributed by atoms with Gasteiger partial charge in [-0.1, -0.05) is 18.2 Å². The van der Waals surface area contributed by atoms with E-state index in [-0.39, 0.29) is 22.0 Å². The number of hydrogen-bond acceptors (Lipinski definition) is 5. The number of hydrogen-bond donors (Lipinski definition) is 0. The van der Waals surface area contributed by atoms with E-state index in [1.54, 1.807) is 12.1 Å². The Bertz CT molecular complexity index is 1050. The van der Waals surface area contributed by atoms with Crippen LogP contribution < -0.4 is 0 Å². The fraction of sp³-hybridized carbons (Fsp3) is 0.118. The highest BCUT2D eigenvalue weighted by atomic mass is 32.2. The predicted molar refractivity (Wildman–Crippen MR) is 88.8 cm³/mol. The molecule has 134 valence electrons. The highest BCUT2D eigenvalue weighted by molar-refractivity contribution is 7.90. The van der Waals surface area contributed by atoms with Gasteiger partial charge in [-0.05, 0) is 18.2 Å². The van der Waals surface area contributed by atoms with Crippen molar-refractivity contribution in [3.8, 4) is 22.6 Å². The van der Waals surface area contributed by atoms with Crippen LogP contribution in [0.1, 0.15) is 5.56 Å². The van der Waals surface area contributed by atoms with Crippen LogP contribution in [0.15, 0.2) is 59.9 Å². The molecule has 26 heavy (non-hydrogen) atoms. The van der Waals surface area contributed by atoms with E-state index in [1.807, 2.05) is 0 Å². The lowest BCUT2D eigenvalue weighted by molar-refractivity contribution is -0.137. The number of sulfone groups is 1. The van der Waals surface area contributed by atoms with Gasteiger partial charge < -0.3 is 0 Å². The summed E-state index contributed by atoms with van der Waals surface area (Å²) < 4.78 is 64.3. The Kier molecular flexibility index (Phi) is 4.49. The van der Waals surface area contributed by atoms with Gasteiger partial charge in [-0.15, -0.1) is 0 Å². The van der Waals surface area contributed by atoms with E-state index < -0.39 is 21.6 Å². The van der Waals surface area contributed by atoms with Crippen LogP contribution in [0.4, 0.5) is 13.2 Å². The summed E-state index contributed by atoms with van der Waals surface area (Å²) in [5, 5.41) is 0. The molecule has 0 aliphatic heterocycles. The van der Waals surface area contributed by atoms with Crippen LogP contribution in [0.2, 0.25) is 0 Å². The first kappa shape index (κ1) is 18.0. The molecule has 3 rings (SSSR count). The summed E-state index contributed by atoms with van der Waals surface area (Å²) in [4.78, 5) is 11.6. The van der Waals surface area contributed by atoms with Gasteiger partial charge in [0.2, 0.25) is 0 Å². The second-order valence-corrected chi connectivity index (χ2v) is 7.45. The standard InChI is InChI=1S/C17H12F3N3O2S/c1-26(24,25)14-10-22-16(11-5-4-8-21-9-11)23-15(14)12-6-2-3-7-13(12)17(18,19)20/h2-10H,1H3. The molecule has 0 unspecified atom stereocenters. The molecule has 0 spiro atoms. The average molecular weight is 379 g/mol. The van der Waals surface area contributed by atoms with Gasteiger partial charge in [0.1, 0.15) is 4.90 Å². The van der Waals surface area contributed by atoms with Crippen LogP contribution in [-0.2, 0) is 16.0 Å². The minimum absolute atomic E-state index is 0.0810. The predicted octanol–water partition coefficient (Wildman–Crippen LogP) is 3.63. The molecule has 0 aliphatic carbocycles. The molecule has 9 heteroatoms.